The minimum absolute atomic E-state index is 0.0177. The smallest absolute Gasteiger partial charge is 0.313 e. The van der Waals surface area contributed by atoms with E-state index in [-0.39, 0.29) is 10.6 Å². The van der Waals surface area contributed by atoms with Crippen molar-refractivity contribution in [1.29, 1.82) is 0 Å². The maximum atomic E-state index is 12.7. The summed E-state index contributed by atoms with van der Waals surface area (Å²) in [7, 11) is -3.90. The van der Waals surface area contributed by atoms with Gasteiger partial charge >= 0.3 is 5.69 Å². The molecule has 1 aromatic carbocycles. The largest absolute Gasteiger partial charge is 0.318 e. The maximum absolute atomic E-state index is 12.7. The fourth-order valence-corrected chi connectivity index (χ4v) is 4.15. The van der Waals surface area contributed by atoms with Crippen LogP contribution in [0.2, 0.25) is 0 Å². The van der Waals surface area contributed by atoms with Gasteiger partial charge in [-0.1, -0.05) is 18.9 Å². The first kappa shape index (κ1) is 15.7. The third-order valence-corrected chi connectivity index (χ3v) is 5.45. The lowest BCUT2D eigenvalue weighted by molar-refractivity contribution is -0.386. The highest BCUT2D eigenvalue weighted by molar-refractivity contribution is 7.89. The molecular formula is C12H18N4O4S. The van der Waals surface area contributed by atoms with E-state index in [1.807, 2.05) is 0 Å². The summed E-state index contributed by atoms with van der Waals surface area (Å²) < 4.78 is 26.7. The van der Waals surface area contributed by atoms with Crippen LogP contribution in [0.15, 0.2) is 23.1 Å². The molecule has 0 saturated carbocycles. The van der Waals surface area contributed by atoms with E-state index in [0.29, 0.717) is 13.1 Å². The Morgan fingerprint density at radius 1 is 1.19 bits per heavy atom. The van der Waals surface area contributed by atoms with Crippen molar-refractivity contribution in [3.8, 4) is 0 Å². The van der Waals surface area contributed by atoms with E-state index >= 15 is 0 Å². The van der Waals surface area contributed by atoms with Crippen LogP contribution in [0.25, 0.3) is 0 Å². The third kappa shape index (κ3) is 3.14. The molecule has 8 nitrogen and oxygen atoms in total. The number of para-hydroxylation sites is 1. The quantitative estimate of drug-likeness (QED) is 0.493. The summed E-state index contributed by atoms with van der Waals surface area (Å²) in [5, 5.41) is 11.2. The van der Waals surface area contributed by atoms with Gasteiger partial charge in [0.05, 0.1) is 4.92 Å². The number of nitrogens with one attached hydrogen (secondary N) is 1. The average Bonchev–Trinajstić information content (AvgIpc) is 2.75. The van der Waals surface area contributed by atoms with Gasteiger partial charge in [-0.25, -0.2) is 8.42 Å². The number of nitrogens with zero attached hydrogens (tertiary/aromatic N) is 2. The Morgan fingerprint density at radius 3 is 2.33 bits per heavy atom. The van der Waals surface area contributed by atoms with Crippen molar-refractivity contribution >= 4 is 21.4 Å². The van der Waals surface area contributed by atoms with E-state index in [1.165, 1.54) is 22.5 Å². The minimum Gasteiger partial charge on any atom is -0.318 e. The number of nitro benzene ring substituents is 1. The molecule has 0 unspecified atom stereocenters. The predicted molar refractivity (Wildman–Crippen MR) is 78.1 cm³/mol. The summed E-state index contributed by atoms with van der Waals surface area (Å²) in [6.45, 7) is 0.777. The van der Waals surface area contributed by atoms with E-state index < -0.39 is 20.6 Å². The van der Waals surface area contributed by atoms with Gasteiger partial charge in [0.15, 0.2) is 4.90 Å². The SMILES string of the molecule is NNc1cccc(S(=O)(=O)N2CCCCCC2)c1[N+](=O)[O-]. The second-order valence-corrected chi connectivity index (χ2v) is 6.78. The molecule has 0 amide bonds. The van der Waals surface area contributed by atoms with Crippen LogP contribution in [0.3, 0.4) is 0 Å². The van der Waals surface area contributed by atoms with Crippen molar-refractivity contribution in [1.82, 2.24) is 4.31 Å². The number of anilines is 1. The molecule has 0 spiro atoms. The number of nitro groups is 1. The summed E-state index contributed by atoms with van der Waals surface area (Å²) in [6, 6.07) is 4.06. The molecule has 1 aromatic rings. The van der Waals surface area contributed by atoms with E-state index in [4.69, 9.17) is 5.84 Å². The van der Waals surface area contributed by atoms with Gasteiger partial charge in [-0.15, -0.1) is 0 Å². The lowest BCUT2D eigenvalue weighted by Crippen LogP contribution is -2.32. The number of benzene rings is 1. The van der Waals surface area contributed by atoms with Gasteiger partial charge in [0.1, 0.15) is 5.69 Å². The molecule has 1 heterocycles. The topological polar surface area (TPSA) is 119 Å². The summed E-state index contributed by atoms with van der Waals surface area (Å²) in [6.07, 6.45) is 3.47. The van der Waals surface area contributed by atoms with Gasteiger partial charge in [-0.05, 0) is 25.0 Å². The van der Waals surface area contributed by atoms with Crippen molar-refractivity contribution in [2.24, 2.45) is 5.84 Å². The average molecular weight is 314 g/mol. The number of nitrogens with two attached hydrogens (primary N) is 1. The van der Waals surface area contributed by atoms with Crippen LogP contribution in [0.5, 0.6) is 0 Å². The monoisotopic (exact) mass is 314 g/mol. The normalized spacial score (nSPS) is 17.2. The van der Waals surface area contributed by atoms with Crippen LogP contribution < -0.4 is 11.3 Å². The lowest BCUT2D eigenvalue weighted by atomic mass is 10.2. The van der Waals surface area contributed by atoms with Gasteiger partial charge in [-0.2, -0.15) is 4.31 Å². The zero-order valence-corrected chi connectivity index (χ0v) is 12.3. The van der Waals surface area contributed by atoms with Crippen LogP contribution in [0.4, 0.5) is 11.4 Å². The molecule has 1 aliphatic heterocycles. The molecule has 21 heavy (non-hydrogen) atoms. The Morgan fingerprint density at radius 2 is 1.81 bits per heavy atom. The van der Waals surface area contributed by atoms with Crippen molar-refractivity contribution < 1.29 is 13.3 Å². The first-order valence-electron chi connectivity index (χ1n) is 6.72. The molecule has 116 valence electrons. The molecule has 0 aliphatic carbocycles. The van der Waals surface area contributed by atoms with Crippen LogP contribution in [-0.4, -0.2) is 30.7 Å². The number of sulfonamides is 1. The molecular weight excluding hydrogens is 296 g/mol. The molecule has 1 aliphatic rings. The van der Waals surface area contributed by atoms with Crippen molar-refractivity contribution in [2.75, 3.05) is 18.5 Å². The summed E-state index contributed by atoms with van der Waals surface area (Å²) in [5.74, 6) is 5.24. The van der Waals surface area contributed by atoms with Gasteiger partial charge in [0.2, 0.25) is 10.0 Å². The lowest BCUT2D eigenvalue weighted by Gasteiger charge is -2.20. The van der Waals surface area contributed by atoms with Crippen molar-refractivity contribution in [2.45, 2.75) is 30.6 Å². The standard InChI is InChI=1S/C12H18N4O4S/c13-14-10-6-5-7-11(12(10)16(17)18)21(19,20)15-8-3-1-2-4-9-15/h5-7,14H,1-4,8-9,13H2. The summed E-state index contributed by atoms with van der Waals surface area (Å²) in [4.78, 5) is 10.2. The van der Waals surface area contributed by atoms with Crippen LogP contribution in [0.1, 0.15) is 25.7 Å². The van der Waals surface area contributed by atoms with Crippen LogP contribution >= 0.6 is 0 Å². The molecule has 1 fully saturated rings. The highest BCUT2D eigenvalue weighted by Crippen LogP contribution is 2.33. The number of rotatable bonds is 4. The summed E-state index contributed by atoms with van der Waals surface area (Å²) >= 11 is 0. The molecule has 2 rings (SSSR count). The second-order valence-electron chi connectivity index (χ2n) is 4.87. The van der Waals surface area contributed by atoms with Crippen molar-refractivity contribution in [3.63, 3.8) is 0 Å². The Balaban J connectivity index is 2.51. The van der Waals surface area contributed by atoms with E-state index in [0.717, 1.165) is 25.7 Å². The molecule has 1 saturated heterocycles. The minimum atomic E-state index is -3.90. The first-order valence-corrected chi connectivity index (χ1v) is 8.16. The molecule has 0 atom stereocenters. The van der Waals surface area contributed by atoms with E-state index in [9.17, 15) is 18.5 Å². The van der Waals surface area contributed by atoms with Crippen LogP contribution in [-0.2, 0) is 10.0 Å². The zero-order chi connectivity index (χ0) is 15.5. The first-order chi connectivity index (χ1) is 9.98. The Hall–Kier alpha value is -1.71. The molecule has 3 N–H and O–H groups in total. The fraction of sp³-hybridized carbons (Fsp3) is 0.500. The zero-order valence-electron chi connectivity index (χ0n) is 11.5. The Kier molecular flexibility index (Phi) is 4.76. The van der Waals surface area contributed by atoms with Crippen LogP contribution in [0, 0.1) is 10.1 Å². The van der Waals surface area contributed by atoms with Crippen molar-refractivity contribution in [3.05, 3.63) is 28.3 Å². The van der Waals surface area contributed by atoms with Gasteiger partial charge in [-0.3, -0.25) is 16.0 Å². The predicted octanol–water partition coefficient (Wildman–Crippen LogP) is 1.45. The summed E-state index contributed by atoms with van der Waals surface area (Å²) in [5.41, 5.74) is 1.65. The number of hydrogen-bond donors (Lipinski definition) is 2. The highest BCUT2D eigenvalue weighted by Gasteiger charge is 2.33. The number of nitrogen functional groups attached to an aromatic ring is 1. The van der Waals surface area contributed by atoms with Gasteiger partial charge < -0.3 is 5.43 Å². The Labute approximate surface area is 123 Å². The molecule has 9 heteroatoms. The molecule has 0 radical (unpaired) electrons. The molecule has 0 aromatic heterocycles. The highest BCUT2D eigenvalue weighted by atomic mass is 32.2. The van der Waals surface area contributed by atoms with E-state index in [1.54, 1.807) is 0 Å². The number of hydrazine groups is 1. The fourth-order valence-electron chi connectivity index (χ4n) is 2.46. The third-order valence-electron chi connectivity index (χ3n) is 3.52. The second kappa shape index (κ2) is 6.37. The Bertz CT molecular complexity index is 624. The maximum Gasteiger partial charge on any atom is 0.313 e. The van der Waals surface area contributed by atoms with E-state index in [2.05, 4.69) is 5.43 Å². The van der Waals surface area contributed by atoms with Gasteiger partial charge in [0, 0.05) is 13.1 Å². The number of hydrogen-bond acceptors (Lipinski definition) is 6. The molecule has 0 bridgehead atoms. The van der Waals surface area contributed by atoms with Gasteiger partial charge in [0.25, 0.3) is 0 Å².